The first-order valence-corrected chi connectivity index (χ1v) is 6.34. The van der Waals surface area contributed by atoms with Crippen LogP contribution in [0.5, 0.6) is 0 Å². The topological polar surface area (TPSA) is 77.8 Å². The minimum Gasteiger partial charge on any atom is -0.481 e. The molecule has 1 heterocycles. The van der Waals surface area contributed by atoms with Gasteiger partial charge < -0.3 is 15.1 Å². The van der Waals surface area contributed by atoms with Gasteiger partial charge in [0, 0.05) is 13.1 Å². The molecule has 1 fully saturated rings. The molecule has 1 aromatic rings. The number of benzene rings is 1. The Bertz CT molecular complexity index is 460. The van der Waals surface area contributed by atoms with Gasteiger partial charge in [-0.15, -0.1) is 0 Å². The maximum absolute atomic E-state index is 12.1. The molecule has 102 valence electrons. The number of aliphatic carboxylic acids is 1. The van der Waals surface area contributed by atoms with E-state index in [-0.39, 0.29) is 6.54 Å². The molecule has 0 aliphatic carbocycles. The number of piperidine rings is 1. The van der Waals surface area contributed by atoms with E-state index in [1.807, 2.05) is 6.07 Å². The van der Waals surface area contributed by atoms with Gasteiger partial charge in [0.05, 0.1) is 5.92 Å². The Morgan fingerprint density at radius 1 is 1.26 bits per heavy atom. The van der Waals surface area contributed by atoms with E-state index in [9.17, 15) is 14.7 Å². The normalized spacial score (nSPS) is 20.9. The van der Waals surface area contributed by atoms with Crippen molar-refractivity contribution in [3.8, 4) is 0 Å². The number of rotatable bonds is 3. The van der Waals surface area contributed by atoms with Gasteiger partial charge in [-0.3, -0.25) is 9.59 Å². The highest BCUT2D eigenvalue weighted by molar-refractivity contribution is 5.83. The zero-order chi connectivity index (χ0) is 13.8. The lowest BCUT2D eigenvalue weighted by atomic mass is 9.97. The summed E-state index contributed by atoms with van der Waals surface area (Å²) in [6, 6.07) is 8.68. The molecular formula is C14H17NO4. The van der Waals surface area contributed by atoms with E-state index < -0.39 is 23.9 Å². The molecule has 5 nitrogen and oxygen atoms in total. The lowest BCUT2D eigenvalue weighted by molar-refractivity contribution is -0.148. The fraction of sp³-hybridized carbons (Fsp3) is 0.429. The van der Waals surface area contributed by atoms with E-state index in [1.165, 1.54) is 4.90 Å². The van der Waals surface area contributed by atoms with Crippen LogP contribution < -0.4 is 0 Å². The summed E-state index contributed by atoms with van der Waals surface area (Å²) in [5, 5.41) is 19.0. The van der Waals surface area contributed by atoms with Gasteiger partial charge in [-0.05, 0) is 18.4 Å². The molecule has 19 heavy (non-hydrogen) atoms. The average molecular weight is 263 g/mol. The number of hydrogen-bond donors (Lipinski definition) is 2. The smallest absolute Gasteiger partial charge is 0.308 e. The molecule has 0 spiro atoms. The number of aliphatic hydroxyl groups is 1. The number of hydrogen-bond acceptors (Lipinski definition) is 3. The second-order valence-corrected chi connectivity index (χ2v) is 4.77. The summed E-state index contributed by atoms with van der Waals surface area (Å²) in [6.07, 6.45) is 0.0267. The Morgan fingerprint density at radius 3 is 2.58 bits per heavy atom. The van der Waals surface area contributed by atoms with Gasteiger partial charge in [-0.25, -0.2) is 0 Å². The van der Waals surface area contributed by atoms with Crippen LogP contribution in [0, 0.1) is 5.92 Å². The maximum Gasteiger partial charge on any atom is 0.308 e. The van der Waals surface area contributed by atoms with Crippen molar-refractivity contribution in [1.29, 1.82) is 0 Å². The van der Waals surface area contributed by atoms with Crippen LogP contribution in [0.1, 0.15) is 24.5 Å². The Kier molecular flexibility index (Phi) is 4.16. The van der Waals surface area contributed by atoms with Gasteiger partial charge in [0.25, 0.3) is 5.91 Å². The van der Waals surface area contributed by atoms with Crippen molar-refractivity contribution in [3.63, 3.8) is 0 Å². The van der Waals surface area contributed by atoms with Crippen LogP contribution in [0.3, 0.4) is 0 Å². The monoisotopic (exact) mass is 263 g/mol. The molecule has 0 radical (unpaired) electrons. The molecule has 2 atom stereocenters. The van der Waals surface area contributed by atoms with Crippen molar-refractivity contribution < 1.29 is 19.8 Å². The second-order valence-electron chi connectivity index (χ2n) is 4.77. The van der Waals surface area contributed by atoms with E-state index in [0.29, 0.717) is 24.9 Å². The predicted molar refractivity (Wildman–Crippen MR) is 68.3 cm³/mol. The van der Waals surface area contributed by atoms with Crippen molar-refractivity contribution >= 4 is 11.9 Å². The Morgan fingerprint density at radius 2 is 1.95 bits per heavy atom. The quantitative estimate of drug-likeness (QED) is 0.854. The summed E-state index contributed by atoms with van der Waals surface area (Å²) in [6.45, 7) is 0.685. The molecule has 1 amide bonds. The minimum atomic E-state index is -1.21. The molecule has 2 rings (SSSR count). The number of carbonyl (C=O) groups excluding carboxylic acids is 1. The van der Waals surface area contributed by atoms with Crippen LogP contribution in [-0.2, 0) is 9.59 Å². The molecule has 0 saturated carbocycles. The van der Waals surface area contributed by atoms with Crippen LogP contribution in [0.25, 0.3) is 0 Å². The summed E-state index contributed by atoms with van der Waals surface area (Å²) in [5.74, 6) is -1.83. The number of carboxylic acids is 1. The molecule has 2 unspecified atom stereocenters. The second kappa shape index (κ2) is 5.84. The first-order valence-electron chi connectivity index (χ1n) is 6.34. The fourth-order valence-corrected chi connectivity index (χ4v) is 2.33. The third kappa shape index (κ3) is 3.12. The third-order valence-corrected chi connectivity index (χ3v) is 3.43. The van der Waals surface area contributed by atoms with Crippen LogP contribution in [0.2, 0.25) is 0 Å². The lowest BCUT2D eigenvalue weighted by Gasteiger charge is -2.32. The highest BCUT2D eigenvalue weighted by atomic mass is 16.4. The third-order valence-electron chi connectivity index (χ3n) is 3.43. The molecule has 2 N–H and O–H groups in total. The van der Waals surface area contributed by atoms with Crippen molar-refractivity contribution in [1.82, 2.24) is 4.90 Å². The number of carbonyl (C=O) groups is 2. The maximum atomic E-state index is 12.1. The Labute approximate surface area is 111 Å². The average Bonchev–Trinajstić information content (AvgIpc) is 2.46. The largest absolute Gasteiger partial charge is 0.481 e. The molecule has 1 aliphatic rings. The number of amides is 1. The van der Waals surface area contributed by atoms with E-state index in [2.05, 4.69) is 0 Å². The van der Waals surface area contributed by atoms with Gasteiger partial charge in [0.15, 0.2) is 6.10 Å². The Balaban J connectivity index is 2.05. The SMILES string of the molecule is O=C(O)C1CCCN(C(=O)C(O)c2ccccc2)C1. The van der Waals surface area contributed by atoms with E-state index in [0.717, 1.165) is 0 Å². The molecule has 0 aromatic heterocycles. The molecular weight excluding hydrogens is 246 g/mol. The molecule has 1 aromatic carbocycles. The van der Waals surface area contributed by atoms with Crippen LogP contribution in [0.15, 0.2) is 30.3 Å². The van der Waals surface area contributed by atoms with E-state index >= 15 is 0 Å². The first-order chi connectivity index (χ1) is 9.09. The van der Waals surface area contributed by atoms with Gasteiger partial charge in [0.1, 0.15) is 0 Å². The highest BCUT2D eigenvalue weighted by Gasteiger charge is 2.31. The zero-order valence-electron chi connectivity index (χ0n) is 10.5. The van der Waals surface area contributed by atoms with Crippen molar-refractivity contribution in [2.24, 2.45) is 5.92 Å². The summed E-state index contributed by atoms with van der Waals surface area (Å²) < 4.78 is 0. The fourth-order valence-electron chi connectivity index (χ4n) is 2.33. The highest BCUT2D eigenvalue weighted by Crippen LogP contribution is 2.21. The van der Waals surface area contributed by atoms with Gasteiger partial charge in [0.2, 0.25) is 0 Å². The molecule has 1 saturated heterocycles. The molecule has 1 aliphatic heterocycles. The summed E-state index contributed by atoms with van der Waals surface area (Å²) in [5.41, 5.74) is 0.532. The van der Waals surface area contributed by atoms with E-state index in [4.69, 9.17) is 5.11 Å². The van der Waals surface area contributed by atoms with Gasteiger partial charge in [-0.1, -0.05) is 30.3 Å². The number of aliphatic hydroxyl groups excluding tert-OH is 1. The first kappa shape index (κ1) is 13.5. The standard InChI is InChI=1S/C14H17NO4/c16-12(10-5-2-1-3-6-10)13(17)15-8-4-7-11(9-15)14(18)19/h1-3,5-6,11-12,16H,4,7-9H2,(H,18,19). The van der Waals surface area contributed by atoms with Gasteiger partial charge in [-0.2, -0.15) is 0 Å². The predicted octanol–water partition coefficient (Wildman–Crippen LogP) is 1.04. The summed E-state index contributed by atoms with van der Waals surface area (Å²) in [7, 11) is 0. The number of carboxylic acid groups (broad SMARTS) is 1. The molecule has 5 heteroatoms. The zero-order valence-corrected chi connectivity index (χ0v) is 10.5. The molecule has 0 bridgehead atoms. The van der Waals surface area contributed by atoms with E-state index in [1.54, 1.807) is 24.3 Å². The number of likely N-dealkylation sites (tertiary alicyclic amines) is 1. The van der Waals surface area contributed by atoms with Crippen molar-refractivity contribution in [2.45, 2.75) is 18.9 Å². The lowest BCUT2D eigenvalue weighted by Crippen LogP contribution is -2.44. The van der Waals surface area contributed by atoms with Crippen LogP contribution in [0.4, 0.5) is 0 Å². The van der Waals surface area contributed by atoms with Crippen molar-refractivity contribution in [3.05, 3.63) is 35.9 Å². The van der Waals surface area contributed by atoms with Gasteiger partial charge >= 0.3 is 5.97 Å². The van der Waals surface area contributed by atoms with Crippen LogP contribution in [-0.4, -0.2) is 40.1 Å². The number of nitrogens with zero attached hydrogens (tertiary/aromatic N) is 1. The summed E-state index contributed by atoms with van der Waals surface area (Å²) in [4.78, 5) is 24.6. The Hall–Kier alpha value is -1.88. The van der Waals surface area contributed by atoms with Crippen molar-refractivity contribution in [2.75, 3.05) is 13.1 Å². The minimum absolute atomic E-state index is 0.179. The van der Waals surface area contributed by atoms with Crippen LogP contribution >= 0.6 is 0 Å². The summed E-state index contributed by atoms with van der Waals surface area (Å²) >= 11 is 0.